The predicted octanol–water partition coefficient (Wildman–Crippen LogP) is 2.39. The van der Waals surface area contributed by atoms with Gasteiger partial charge in [-0.2, -0.15) is 0 Å². The van der Waals surface area contributed by atoms with Gasteiger partial charge in [0.25, 0.3) is 0 Å². The summed E-state index contributed by atoms with van der Waals surface area (Å²) in [6, 6.07) is 0. The van der Waals surface area contributed by atoms with Crippen LogP contribution in [0, 0.1) is 0 Å². The Morgan fingerprint density at radius 3 is 2.12 bits per heavy atom. The molecule has 0 aromatic rings. The minimum atomic E-state index is -0.588. The average molecular weight is 156 g/mol. The Morgan fingerprint density at radius 1 is 1.50 bits per heavy atom. The molecule has 0 aromatic heterocycles. The molecule has 0 amide bonds. The Labute approximate surface area is 59.6 Å². The van der Waals surface area contributed by atoms with E-state index in [0.717, 1.165) is 0 Å². The quantitative estimate of drug-likeness (QED) is 0.559. The highest BCUT2D eigenvalue weighted by molar-refractivity contribution is 6.44. The first-order valence-corrected chi connectivity index (χ1v) is 3.48. The van der Waals surface area contributed by atoms with E-state index in [1.54, 1.807) is 0 Å². The molecule has 0 saturated heterocycles. The Bertz CT molecular complexity index is 56.4. The van der Waals surface area contributed by atoms with Crippen molar-refractivity contribution >= 4 is 23.2 Å². The van der Waals surface area contributed by atoms with Crippen LogP contribution in [0.2, 0.25) is 0 Å². The summed E-state index contributed by atoms with van der Waals surface area (Å²) in [5.74, 6) is 0. The third-order valence-electron chi connectivity index (χ3n) is 0.896. The fourth-order valence-corrected chi connectivity index (χ4v) is 0.763. The maximum absolute atomic E-state index is 10.5. The minimum Gasteiger partial charge on any atom is -0.233 e. The van der Waals surface area contributed by atoms with Gasteiger partial charge in [-0.05, 0) is 6.42 Å². The lowest BCUT2D eigenvalue weighted by atomic mass is 10.2. The molecule has 0 aliphatic carbocycles. The molecule has 0 aromatic carbocycles. The van der Waals surface area contributed by atoms with Crippen LogP contribution in [-0.4, -0.2) is 10.9 Å². The zero-order valence-electron chi connectivity index (χ0n) is 4.73. The number of alkyl halides is 2. The van der Waals surface area contributed by atoms with Crippen LogP contribution < -0.4 is 0 Å². The summed E-state index contributed by atoms with van der Waals surface area (Å²) in [7, 11) is 0. The van der Waals surface area contributed by atoms with Crippen molar-refractivity contribution in [1.82, 2.24) is 0 Å². The van der Waals surface area contributed by atoms with E-state index >= 15 is 0 Å². The summed E-state index contributed by atoms with van der Waals surface area (Å²) >= 11 is 10.6. The first kappa shape index (κ1) is 8.54. The van der Waals surface area contributed by atoms with E-state index in [1.807, 2.05) is 6.92 Å². The van der Waals surface area contributed by atoms with Gasteiger partial charge in [-0.25, -0.2) is 5.11 Å². The standard InChI is InChI=1S/C5H9Cl2O/c1-2-4(8)3-5(6)7/h4-5H,2-3H2,1H3. The molecule has 0 aliphatic rings. The Morgan fingerprint density at radius 2 is 2.00 bits per heavy atom. The Hall–Kier alpha value is 0.540. The zero-order chi connectivity index (χ0) is 6.57. The smallest absolute Gasteiger partial charge is 0.110 e. The van der Waals surface area contributed by atoms with Gasteiger partial charge < -0.3 is 0 Å². The lowest BCUT2D eigenvalue weighted by Gasteiger charge is -2.02. The predicted molar refractivity (Wildman–Crippen MR) is 34.9 cm³/mol. The van der Waals surface area contributed by atoms with E-state index in [0.29, 0.717) is 12.8 Å². The van der Waals surface area contributed by atoms with Crippen LogP contribution in [0.1, 0.15) is 19.8 Å². The van der Waals surface area contributed by atoms with Crippen molar-refractivity contribution in [2.24, 2.45) is 0 Å². The van der Waals surface area contributed by atoms with Crippen LogP contribution in [0.3, 0.4) is 0 Å². The topological polar surface area (TPSA) is 19.9 Å². The summed E-state index contributed by atoms with van der Waals surface area (Å²) in [5, 5.41) is 10.5. The molecule has 0 spiro atoms. The first-order chi connectivity index (χ1) is 3.66. The van der Waals surface area contributed by atoms with E-state index < -0.39 is 10.9 Å². The molecule has 3 heteroatoms. The van der Waals surface area contributed by atoms with Crippen molar-refractivity contribution < 1.29 is 5.11 Å². The van der Waals surface area contributed by atoms with Crippen molar-refractivity contribution in [2.75, 3.05) is 0 Å². The summed E-state index contributed by atoms with van der Waals surface area (Å²) in [6.45, 7) is 1.83. The van der Waals surface area contributed by atoms with Crippen LogP contribution in [0.25, 0.3) is 0 Å². The van der Waals surface area contributed by atoms with Crippen molar-refractivity contribution in [1.29, 1.82) is 0 Å². The molecular formula is C5H9Cl2O. The lowest BCUT2D eigenvalue weighted by molar-refractivity contribution is 0.0812. The maximum atomic E-state index is 10.5. The number of rotatable bonds is 3. The number of hydrogen-bond acceptors (Lipinski definition) is 0. The summed E-state index contributed by atoms with van der Waals surface area (Å²) in [5.41, 5.74) is 0. The van der Waals surface area contributed by atoms with Crippen LogP contribution in [0.5, 0.6) is 0 Å². The summed E-state index contributed by atoms with van der Waals surface area (Å²) in [4.78, 5) is -0.488. The molecule has 0 N–H and O–H groups in total. The molecule has 1 nitrogen and oxygen atoms in total. The largest absolute Gasteiger partial charge is 0.233 e. The van der Waals surface area contributed by atoms with E-state index in [4.69, 9.17) is 23.2 Å². The highest BCUT2D eigenvalue weighted by Gasteiger charge is 2.07. The van der Waals surface area contributed by atoms with E-state index in [1.165, 1.54) is 0 Å². The normalized spacial score (nSPS) is 14.6. The Kier molecular flexibility index (Phi) is 4.72. The molecule has 0 saturated carbocycles. The van der Waals surface area contributed by atoms with E-state index in [-0.39, 0.29) is 0 Å². The highest BCUT2D eigenvalue weighted by Crippen LogP contribution is 2.11. The molecule has 49 valence electrons. The third-order valence-corrected chi connectivity index (χ3v) is 1.25. The fourth-order valence-electron chi connectivity index (χ4n) is 0.365. The van der Waals surface area contributed by atoms with Crippen molar-refractivity contribution in [3.05, 3.63) is 0 Å². The molecular weight excluding hydrogens is 147 g/mol. The van der Waals surface area contributed by atoms with Gasteiger partial charge in [0.2, 0.25) is 0 Å². The van der Waals surface area contributed by atoms with E-state index in [9.17, 15) is 5.11 Å². The third kappa shape index (κ3) is 4.69. The molecule has 1 unspecified atom stereocenters. The van der Waals surface area contributed by atoms with Crippen LogP contribution >= 0.6 is 23.2 Å². The molecule has 8 heavy (non-hydrogen) atoms. The molecule has 0 heterocycles. The van der Waals surface area contributed by atoms with Gasteiger partial charge >= 0.3 is 0 Å². The molecule has 1 radical (unpaired) electrons. The summed E-state index contributed by atoms with van der Waals surface area (Å²) < 4.78 is 0. The zero-order valence-corrected chi connectivity index (χ0v) is 6.24. The van der Waals surface area contributed by atoms with Crippen LogP contribution in [-0.2, 0) is 5.11 Å². The molecule has 0 bridgehead atoms. The Balaban J connectivity index is 3.10. The first-order valence-electron chi connectivity index (χ1n) is 2.60. The molecule has 0 rings (SSSR count). The van der Waals surface area contributed by atoms with Gasteiger partial charge in [0, 0.05) is 6.42 Å². The monoisotopic (exact) mass is 155 g/mol. The SMILES string of the molecule is CCC([O])CC(Cl)Cl. The van der Waals surface area contributed by atoms with Crippen LogP contribution in [0.4, 0.5) is 0 Å². The highest BCUT2D eigenvalue weighted by atomic mass is 35.5. The molecule has 0 aliphatic heterocycles. The summed E-state index contributed by atoms with van der Waals surface area (Å²) in [6.07, 6.45) is 0.380. The van der Waals surface area contributed by atoms with E-state index in [2.05, 4.69) is 0 Å². The second kappa shape index (κ2) is 4.42. The molecule has 0 fully saturated rings. The average Bonchev–Trinajstić information content (AvgIpc) is 1.65. The van der Waals surface area contributed by atoms with Crippen LogP contribution in [0.15, 0.2) is 0 Å². The van der Waals surface area contributed by atoms with Crippen molar-refractivity contribution in [3.8, 4) is 0 Å². The fraction of sp³-hybridized carbons (Fsp3) is 1.00. The lowest BCUT2D eigenvalue weighted by Crippen LogP contribution is -2.06. The van der Waals surface area contributed by atoms with Gasteiger partial charge in [0.15, 0.2) is 0 Å². The number of halogens is 2. The van der Waals surface area contributed by atoms with Gasteiger partial charge in [-0.1, -0.05) is 6.92 Å². The molecule has 1 atom stereocenters. The van der Waals surface area contributed by atoms with Crippen molar-refractivity contribution in [3.63, 3.8) is 0 Å². The van der Waals surface area contributed by atoms with Gasteiger partial charge in [-0.3, -0.25) is 0 Å². The minimum absolute atomic E-state index is 0.361. The number of hydrogen-bond donors (Lipinski definition) is 0. The van der Waals surface area contributed by atoms with Crippen molar-refractivity contribution in [2.45, 2.75) is 30.7 Å². The second-order valence-corrected chi connectivity index (χ2v) is 2.93. The van der Waals surface area contributed by atoms with Gasteiger partial charge in [0.05, 0.1) is 6.10 Å². The maximum Gasteiger partial charge on any atom is 0.110 e. The van der Waals surface area contributed by atoms with Gasteiger partial charge in [-0.15, -0.1) is 23.2 Å². The second-order valence-electron chi connectivity index (χ2n) is 1.66. The van der Waals surface area contributed by atoms with Gasteiger partial charge in [0.1, 0.15) is 4.84 Å².